The Kier molecular flexibility index (Phi) is 5.23. The number of nitro benzene ring substituents is 2. The van der Waals surface area contributed by atoms with Crippen molar-refractivity contribution in [2.24, 2.45) is 0 Å². The van der Waals surface area contributed by atoms with Gasteiger partial charge in [0.1, 0.15) is 0 Å². The first-order chi connectivity index (χ1) is 13.2. The molecular formula is C13H7F6N5O5. The van der Waals surface area contributed by atoms with Crippen molar-refractivity contribution in [1.82, 2.24) is 14.3 Å². The molecule has 0 aliphatic heterocycles. The summed E-state index contributed by atoms with van der Waals surface area (Å²) in [6, 6.07) is -0.284. The number of alkyl halides is 6. The van der Waals surface area contributed by atoms with Gasteiger partial charge in [0.05, 0.1) is 15.4 Å². The molecule has 2 rings (SSSR count). The summed E-state index contributed by atoms with van der Waals surface area (Å²) in [5.74, 6) is -1.90. The summed E-state index contributed by atoms with van der Waals surface area (Å²) in [6.45, 7) is 1.22. The standard InChI is InChI=1S/C13H7F6N5O5/c1-2-3-21-10(13(17,18)19)20-22(11(21)25)9-7(23(26)27)4-6(12(14,15)16)5-8(9)24(28)29/h2-5H,1H3/b3-2+. The number of aromatic nitrogens is 3. The molecule has 0 amide bonds. The van der Waals surface area contributed by atoms with Gasteiger partial charge in [-0.2, -0.15) is 31.0 Å². The van der Waals surface area contributed by atoms with Gasteiger partial charge in [-0.1, -0.05) is 6.08 Å². The lowest BCUT2D eigenvalue weighted by molar-refractivity contribution is -0.394. The zero-order valence-electron chi connectivity index (χ0n) is 13.9. The van der Waals surface area contributed by atoms with Crippen molar-refractivity contribution in [2.45, 2.75) is 19.3 Å². The van der Waals surface area contributed by atoms with Gasteiger partial charge >= 0.3 is 29.4 Å². The molecule has 156 valence electrons. The van der Waals surface area contributed by atoms with Crippen molar-refractivity contribution in [3.05, 3.63) is 60.3 Å². The number of halogens is 6. The van der Waals surface area contributed by atoms with Gasteiger partial charge in [0, 0.05) is 18.3 Å². The Morgan fingerprint density at radius 2 is 1.48 bits per heavy atom. The van der Waals surface area contributed by atoms with Crippen molar-refractivity contribution in [3.63, 3.8) is 0 Å². The zero-order valence-corrected chi connectivity index (χ0v) is 13.9. The van der Waals surface area contributed by atoms with E-state index in [1.54, 1.807) is 0 Å². The predicted molar refractivity (Wildman–Crippen MR) is 82.1 cm³/mol. The molecule has 0 aliphatic rings. The Hall–Kier alpha value is -3.72. The number of benzene rings is 1. The molecule has 10 nitrogen and oxygen atoms in total. The van der Waals surface area contributed by atoms with Crippen LogP contribution in [-0.2, 0) is 12.4 Å². The summed E-state index contributed by atoms with van der Waals surface area (Å²) in [5.41, 5.74) is -8.25. The van der Waals surface area contributed by atoms with Gasteiger partial charge in [-0.05, 0) is 6.92 Å². The van der Waals surface area contributed by atoms with Crippen LogP contribution in [0.15, 0.2) is 23.0 Å². The Bertz CT molecular complexity index is 1050. The van der Waals surface area contributed by atoms with E-state index in [1.807, 2.05) is 0 Å². The maximum atomic E-state index is 13.1. The molecule has 0 saturated carbocycles. The van der Waals surface area contributed by atoms with Crippen molar-refractivity contribution in [3.8, 4) is 5.69 Å². The van der Waals surface area contributed by atoms with Crippen LogP contribution < -0.4 is 5.69 Å². The minimum Gasteiger partial charge on any atom is -0.258 e. The van der Waals surface area contributed by atoms with Crippen LogP contribution in [0, 0.1) is 20.2 Å². The molecule has 0 spiro atoms. The van der Waals surface area contributed by atoms with Gasteiger partial charge in [-0.3, -0.25) is 20.2 Å². The van der Waals surface area contributed by atoms with Crippen molar-refractivity contribution >= 4 is 17.6 Å². The average Bonchev–Trinajstić information content (AvgIpc) is 2.90. The van der Waals surface area contributed by atoms with Crippen LogP contribution in [0.2, 0.25) is 0 Å². The summed E-state index contributed by atoms with van der Waals surface area (Å²) in [4.78, 5) is 31.7. The van der Waals surface area contributed by atoms with Gasteiger partial charge in [0.2, 0.25) is 11.5 Å². The Morgan fingerprint density at radius 3 is 1.83 bits per heavy atom. The third-order valence-corrected chi connectivity index (χ3v) is 3.36. The SMILES string of the molecule is C/C=C/n1c(C(F)(F)F)nn(-c2c([N+](=O)[O-])cc(C(F)(F)F)cc2[N+](=O)[O-])c1=O. The van der Waals surface area contributed by atoms with Gasteiger partial charge in [-0.15, -0.1) is 5.10 Å². The van der Waals surface area contributed by atoms with Gasteiger partial charge < -0.3 is 0 Å². The molecule has 0 bridgehead atoms. The van der Waals surface area contributed by atoms with E-state index in [9.17, 15) is 51.4 Å². The van der Waals surface area contributed by atoms with E-state index in [-0.39, 0.29) is 21.4 Å². The number of hydrogen-bond acceptors (Lipinski definition) is 6. The summed E-state index contributed by atoms with van der Waals surface area (Å²) in [5, 5.41) is 25.3. The molecule has 2 aromatic rings. The van der Waals surface area contributed by atoms with Gasteiger partial charge in [0.15, 0.2) is 0 Å². The average molecular weight is 427 g/mol. The second kappa shape index (κ2) is 7.02. The number of allylic oxidation sites excluding steroid dienone is 1. The second-order valence-electron chi connectivity index (χ2n) is 5.24. The summed E-state index contributed by atoms with van der Waals surface area (Å²) in [6.07, 6.45) is -8.96. The monoisotopic (exact) mass is 427 g/mol. The zero-order chi connectivity index (χ0) is 22.3. The van der Waals surface area contributed by atoms with E-state index in [4.69, 9.17) is 0 Å². The fraction of sp³-hybridized carbons (Fsp3) is 0.231. The Morgan fingerprint density at radius 1 is 1.00 bits per heavy atom. The lowest BCUT2D eigenvalue weighted by Crippen LogP contribution is -2.24. The lowest BCUT2D eigenvalue weighted by Gasteiger charge is -2.09. The van der Waals surface area contributed by atoms with E-state index in [0.29, 0.717) is 6.20 Å². The minimum absolute atomic E-state index is 0.106. The Labute approximate surface area is 154 Å². The largest absolute Gasteiger partial charge is 0.452 e. The fourth-order valence-electron chi connectivity index (χ4n) is 2.26. The highest BCUT2D eigenvalue weighted by atomic mass is 19.4. The van der Waals surface area contributed by atoms with E-state index in [0.717, 1.165) is 6.08 Å². The fourth-order valence-corrected chi connectivity index (χ4v) is 2.26. The third-order valence-electron chi connectivity index (χ3n) is 3.36. The highest BCUT2D eigenvalue weighted by Crippen LogP contribution is 2.39. The van der Waals surface area contributed by atoms with Crippen molar-refractivity contribution < 1.29 is 36.2 Å². The van der Waals surface area contributed by atoms with Gasteiger partial charge in [-0.25, -0.2) is 9.36 Å². The van der Waals surface area contributed by atoms with Crippen LogP contribution in [0.25, 0.3) is 11.9 Å². The molecule has 16 heteroatoms. The predicted octanol–water partition coefficient (Wildman–Crippen LogP) is 3.38. The molecule has 29 heavy (non-hydrogen) atoms. The van der Waals surface area contributed by atoms with Crippen LogP contribution >= 0.6 is 0 Å². The maximum Gasteiger partial charge on any atom is 0.452 e. The smallest absolute Gasteiger partial charge is 0.258 e. The third kappa shape index (κ3) is 3.94. The summed E-state index contributed by atoms with van der Waals surface area (Å²) < 4.78 is 77.7. The van der Waals surface area contributed by atoms with E-state index in [1.165, 1.54) is 6.92 Å². The topological polar surface area (TPSA) is 126 Å². The highest BCUT2D eigenvalue weighted by molar-refractivity contribution is 5.67. The lowest BCUT2D eigenvalue weighted by atomic mass is 10.1. The van der Waals surface area contributed by atoms with Crippen molar-refractivity contribution in [1.29, 1.82) is 0 Å². The molecule has 0 unspecified atom stereocenters. The number of hydrogen-bond donors (Lipinski definition) is 0. The second-order valence-corrected chi connectivity index (χ2v) is 5.24. The molecule has 1 heterocycles. The summed E-state index contributed by atoms with van der Waals surface area (Å²) >= 11 is 0. The normalized spacial score (nSPS) is 12.5. The van der Waals surface area contributed by atoms with Crippen LogP contribution in [0.5, 0.6) is 0 Å². The van der Waals surface area contributed by atoms with E-state index < -0.39 is 56.3 Å². The number of nitro groups is 2. The van der Waals surface area contributed by atoms with Crippen LogP contribution in [0.3, 0.4) is 0 Å². The maximum absolute atomic E-state index is 13.1. The first kappa shape index (κ1) is 21.6. The first-order valence-corrected chi connectivity index (χ1v) is 7.16. The molecular weight excluding hydrogens is 420 g/mol. The first-order valence-electron chi connectivity index (χ1n) is 7.16. The van der Waals surface area contributed by atoms with E-state index >= 15 is 0 Å². The Balaban J connectivity index is 3.04. The highest BCUT2D eigenvalue weighted by Gasteiger charge is 2.42. The molecule has 0 atom stereocenters. The van der Waals surface area contributed by atoms with Gasteiger partial charge in [0.25, 0.3) is 0 Å². The van der Waals surface area contributed by atoms with Crippen LogP contribution in [0.1, 0.15) is 18.3 Å². The quantitative estimate of drug-likeness (QED) is 0.418. The molecule has 0 N–H and O–H groups in total. The van der Waals surface area contributed by atoms with Crippen LogP contribution in [0.4, 0.5) is 37.7 Å². The molecule has 0 saturated heterocycles. The van der Waals surface area contributed by atoms with Crippen molar-refractivity contribution in [2.75, 3.05) is 0 Å². The molecule has 0 fully saturated rings. The molecule has 0 radical (unpaired) electrons. The minimum atomic E-state index is -5.26. The van der Waals surface area contributed by atoms with Crippen LogP contribution in [-0.4, -0.2) is 24.2 Å². The van der Waals surface area contributed by atoms with E-state index in [2.05, 4.69) is 5.10 Å². The molecule has 1 aromatic heterocycles. The molecule has 1 aromatic carbocycles. The molecule has 0 aliphatic carbocycles. The summed E-state index contributed by atoms with van der Waals surface area (Å²) in [7, 11) is 0. The number of nitrogens with zero attached hydrogens (tertiary/aromatic N) is 5. The number of rotatable bonds is 4.